The molecule has 0 radical (unpaired) electrons. The fourth-order valence-corrected chi connectivity index (χ4v) is 2.99. The molecule has 2 N–H and O–H groups in total. The molecule has 0 amide bonds. The smallest absolute Gasteiger partial charge is 0.124 e. The van der Waals surface area contributed by atoms with Gasteiger partial charge in [0.05, 0.1) is 6.54 Å². The molecule has 2 nitrogen and oxygen atoms in total. The van der Waals surface area contributed by atoms with E-state index in [1.807, 2.05) is 23.5 Å². The van der Waals surface area contributed by atoms with Gasteiger partial charge in [0.1, 0.15) is 4.38 Å². The number of rotatable bonds is 3. The van der Waals surface area contributed by atoms with E-state index in [0.717, 1.165) is 18.1 Å². The highest BCUT2D eigenvalue weighted by atomic mass is 32.2. The molecule has 70 valence electrons. The number of nitrogens with zero attached hydrogens (tertiary/aromatic N) is 1. The van der Waals surface area contributed by atoms with Crippen molar-refractivity contribution < 1.29 is 0 Å². The molecule has 0 aromatic carbocycles. The number of aliphatic imine (C=N–C) groups is 1. The maximum Gasteiger partial charge on any atom is 0.124 e. The van der Waals surface area contributed by atoms with Crippen LogP contribution in [-0.4, -0.2) is 28.5 Å². The van der Waals surface area contributed by atoms with Gasteiger partial charge in [0.15, 0.2) is 0 Å². The summed E-state index contributed by atoms with van der Waals surface area (Å²) in [5, 5.41) is 0. The first-order valence-corrected chi connectivity index (χ1v) is 6.23. The topological polar surface area (TPSA) is 38.4 Å². The summed E-state index contributed by atoms with van der Waals surface area (Å²) >= 11 is 3.66. The van der Waals surface area contributed by atoms with Gasteiger partial charge in [0, 0.05) is 17.5 Å². The van der Waals surface area contributed by atoms with Crippen LogP contribution >= 0.6 is 23.5 Å². The van der Waals surface area contributed by atoms with Gasteiger partial charge in [-0.15, -0.1) is 0 Å². The predicted octanol–water partition coefficient (Wildman–Crippen LogP) is 1.81. The standard InChI is InChI=1S/C8H16N2S2/c1-6(2)7(9)5-12-8-10-3-4-11-8/h6-7H,3-5,9H2,1-2H3/t7-/m0/s1. The zero-order chi connectivity index (χ0) is 8.97. The van der Waals surface area contributed by atoms with Crippen LogP contribution < -0.4 is 5.73 Å². The number of hydrogen-bond acceptors (Lipinski definition) is 4. The van der Waals surface area contributed by atoms with Gasteiger partial charge in [-0.3, -0.25) is 4.99 Å². The Kier molecular flexibility index (Phi) is 4.46. The van der Waals surface area contributed by atoms with Crippen molar-refractivity contribution in [1.82, 2.24) is 0 Å². The van der Waals surface area contributed by atoms with Crippen molar-refractivity contribution in [3.05, 3.63) is 0 Å². The number of thioether (sulfide) groups is 2. The molecule has 1 aliphatic heterocycles. The van der Waals surface area contributed by atoms with Crippen LogP contribution in [0.3, 0.4) is 0 Å². The molecule has 1 aliphatic rings. The highest BCUT2D eigenvalue weighted by Crippen LogP contribution is 2.23. The van der Waals surface area contributed by atoms with Crippen molar-refractivity contribution in [2.45, 2.75) is 19.9 Å². The van der Waals surface area contributed by atoms with Gasteiger partial charge in [-0.25, -0.2) is 0 Å². The summed E-state index contributed by atoms with van der Waals surface area (Å²) in [5.41, 5.74) is 5.91. The molecule has 12 heavy (non-hydrogen) atoms. The van der Waals surface area contributed by atoms with E-state index in [4.69, 9.17) is 5.73 Å². The SMILES string of the molecule is CC(C)[C@@H](N)CSC1=NCCS1. The second-order valence-electron chi connectivity index (χ2n) is 3.21. The summed E-state index contributed by atoms with van der Waals surface area (Å²) in [5.74, 6) is 2.73. The molecule has 1 heterocycles. The average Bonchev–Trinajstić information content (AvgIpc) is 2.51. The molecule has 1 atom stereocenters. The molecule has 0 aliphatic carbocycles. The van der Waals surface area contributed by atoms with Crippen molar-refractivity contribution >= 4 is 27.9 Å². The van der Waals surface area contributed by atoms with E-state index in [-0.39, 0.29) is 0 Å². The molecule has 0 aromatic heterocycles. The molecule has 1 rings (SSSR count). The van der Waals surface area contributed by atoms with Gasteiger partial charge in [-0.05, 0) is 5.92 Å². The van der Waals surface area contributed by atoms with Crippen LogP contribution in [0.25, 0.3) is 0 Å². The second-order valence-corrected chi connectivity index (χ2v) is 5.57. The van der Waals surface area contributed by atoms with Crippen molar-refractivity contribution in [3.63, 3.8) is 0 Å². The van der Waals surface area contributed by atoms with E-state index in [1.165, 1.54) is 4.38 Å². The molecule has 4 heteroatoms. The summed E-state index contributed by atoms with van der Waals surface area (Å²) in [6, 6.07) is 0.305. The van der Waals surface area contributed by atoms with Crippen LogP contribution in [0.15, 0.2) is 4.99 Å². The lowest BCUT2D eigenvalue weighted by Gasteiger charge is -2.14. The van der Waals surface area contributed by atoms with Crippen molar-refractivity contribution in [1.29, 1.82) is 0 Å². The van der Waals surface area contributed by atoms with E-state index in [9.17, 15) is 0 Å². The highest BCUT2D eigenvalue weighted by Gasteiger charge is 2.12. The van der Waals surface area contributed by atoms with Crippen LogP contribution in [0.1, 0.15) is 13.8 Å². The Morgan fingerprint density at radius 1 is 1.67 bits per heavy atom. The van der Waals surface area contributed by atoms with E-state index < -0.39 is 0 Å². The number of hydrogen-bond donors (Lipinski definition) is 1. The van der Waals surface area contributed by atoms with Gasteiger partial charge >= 0.3 is 0 Å². The maximum atomic E-state index is 5.91. The van der Waals surface area contributed by atoms with Crippen LogP contribution in [0.2, 0.25) is 0 Å². The Morgan fingerprint density at radius 2 is 2.42 bits per heavy atom. The molecular weight excluding hydrogens is 188 g/mol. The average molecular weight is 204 g/mol. The van der Waals surface area contributed by atoms with Crippen LogP contribution in [0.5, 0.6) is 0 Å². The van der Waals surface area contributed by atoms with Gasteiger partial charge in [-0.2, -0.15) is 0 Å². The van der Waals surface area contributed by atoms with E-state index in [0.29, 0.717) is 12.0 Å². The van der Waals surface area contributed by atoms with Gasteiger partial charge in [0.25, 0.3) is 0 Å². The quantitative estimate of drug-likeness (QED) is 0.762. The van der Waals surface area contributed by atoms with Crippen LogP contribution in [0.4, 0.5) is 0 Å². The third-order valence-electron chi connectivity index (χ3n) is 1.81. The van der Waals surface area contributed by atoms with Gasteiger partial charge in [-0.1, -0.05) is 37.4 Å². The monoisotopic (exact) mass is 204 g/mol. The molecule has 0 bridgehead atoms. The minimum Gasteiger partial charge on any atom is -0.327 e. The summed E-state index contributed by atoms with van der Waals surface area (Å²) < 4.78 is 1.23. The lowest BCUT2D eigenvalue weighted by atomic mass is 10.1. The molecule has 0 unspecified atom stereocenters. The normalized spacial score (nSPS) is 19.8. The first-order valence-electron chi connectivity index (χ1n) is 4.26. The third-order valence-corrected chi connectivity index (χ3v) is 4.21. The van der Waals surface area contributed by atoms with Crippen molar-refractivity contribution in [2.75, 3.05) is 18.1 Å². The Balaban J connectivity index is 2.16. The Hall–Kier alpha value is 0.330. The molecular formula is C8H16N2S2. The molecule has 0 saturated carbocycles. The lowest BCUT2D eigenvalue weighted by Crippen LogP contribution is -2.29. The van der Waals surface area contributed by atoms with Gasteiger partial charge < -0.3 is 5.73 Å². The zero-order valence-corrected chi connectivity index (χ0v) is 9.25. The second kappa shape index (κ2) is 5.14. The minimum atomic E-state index is 0.305. The first-order chi connectivity index (χ1) is 5.70. The molecule has 0 fully saturated rings. The Labute approximate surface area is 82.8 Å². The minimum absolute atomic E-state index is 0.305. The summed E-state index contributed by atoms with van der Waals surface area (Å²) in [7, 11) is 0. The molecule has 0 aromatic rings. The number of nitrogens with two attached hydrogens (primary N) is 1. The fraction of sp³-hybridized carbons (Fsp3) is 0.875. The molecule has 0 saturated heterocycles. The first kappa shape index (κ1) is 10.4. The van der Waals surface area contributed by atoms with Gasteiger partial charge in [0.2, 0.25) is 0 Å². The molecule has 0 spiro atoms. The largest absolute Gasteiger partial charge is 0.327 e. The summed E-state index contributed by atoms with van der Waals surface area (Å²) in [6.07, 6.45) is 0. The van der Waals surface area contributed by atoms with E-state index >= 15 is 0 Å². The summed E-state index contributed by atoms with van der Waals surface area (Å²) in [6.45, 7) is 5.31. The third kappa shape index (κ3) is 3.37. The zero-order valence-electron chi connectivity index (χ0n) is 7.62. The van der Waals surface area contributed by atoms with E-state index in [1.54, 1.807) is 0 Å². The Bertz CT molecular complexity index is 168. The predicted molar refractivity (Wildman–Crippen MR) is 60.0 cm³/mol. The van der Waals surface area contributed by atoms with Crippen molar-refractivity contribution in [3.8, 4) is 0 Å². The van der Waals surface area contributed by atoms with Crippen LogP contribution in [-0.2, 0) is 0 Å². The van der Waals surface area contributed by atoms with Crippen LogP contribution in [0, 0.1) is 5.92 Å². The summed E-state index contributed by atoms with van der Waals surface area (Å²) in [4.78, 5) is 4.35. The lowest BCUT2D eigenvalue weighted by molar-refractivity contribution is 0.536. The maximum absolute atomic E-state index is 5.91. The fourth-order valence-electron chi connectivity index (χ4n) is 0.763. The highest BCUT2D eigenvalue weighted by molar-refractivity contribution is 8.39. The van der Waals surface area contributed by atoms with Crippen molar-refractivity contribution in [2.24, 2.45) is 16.6 Å². The Morgan fingerprint density at radius 3 is 2.92 bits per heavy atom. The van der Waals surface area contributed by atoms with E-state index in [2.05, 4.69) is 18.8 Å².